The predicted molar refractivity (Wildman–Crippen MR) is 59.6 cm³/mol. The molecule has 0 aliphatic heterocycles. The van der Waals surface area contributed by atoms with Crippen molar-refractivity contribution in [1.29, 1.82) is 0 Å². The number of nitrogens with zero attached hydrogens (tertiary/aromatic N) is 1. The zero-order valence-corrected chi connectivity index (χ0v) is 9.46. The lowest BCUT2D eigenvalue weighted by molar-refractivity contribution is 0.317. The van der Waals surface area contributed by atoms with Crippen LogP contribution in [-0.2, 0) is 6.54 Å². The second-order valence-electron chi connectivity index (χ2n) is 3.62. The van der Waals surface area contributed by atoms with Gasteiger partial charge >= 0.3 is 0 Å². The molecule has 0 atom stereocenters. The summed E-state index contributed by atoms with van der Waals surface area (Å²) in [5.41, 5.74) is 1.24. The number of hydrogen-bond acceptors (Lipinski definition) is 2. The minimum atomic E-state index is 0.783. The maximum absolute atomic E-state index is 5.61. The molecule has 0 amide bonds. The summed E-state index contributed by atoms with van der Waals surface area (Å²) in [4.78, 5) is 2.30. The van der Waals surface area contributed by atoms with E-state index < -0.39 is 0 Å². The van der Waals surface area contributed by atoms with Crippen LogP contribution in [0.25, 0.3) is 0 Å². The van der Waals surface area contributed by atoms with Crippen molar-refractivity contribution in [2.75, 3.05) is 19.5 Å². The van der Waals surface area contributed by atoms with E-state index in [2.05, 4.69) is 11.9 Å². The monoisotopic (exact) mass is 215 g/mol. The van der Waals surface area contributed by atoms with Crippen molar-refractivity contribution in [2.24, 2.45) is 0 Å². The quantitative estimate of drug-likeness (QED) is 0.513. The number of alkyl halides is 1. The van der Waals surface area contributed by atoms with Crippen molar-refractivity contribution < 1.29 is 4.42 Å². The van der Waals surface area contributed by atoms with E-state index >= 15 is 0 Å². The lowest BCUT2D eigenvalue weighted by Gasteiger charge is -2.14. The van der Waals surface area contributed by atoms with Gasteiger partial charge in [0, 0.05) is 18.0 Å². The van der Waals surface area contributed by atoms with E-state index in [0.29, 0.717) is 0 Å². The Morgan fingerprint density at radius 2 is 2.21 bits per heavy atom. The Bertz CT molecular complexity index is 223. The molecule has 0 saturated carbocycles. The minimum absolute atomic E-state index is 0.783. The maximum Gasteiger partial charge on any atom is 0.0947 e. The average molecular weight is 216 g/mol. The molecule has 0 radical (unpaired) electrons. The van der Waals surface area contributed by atoms with Crippen LogP contribution in [0, 0.1) is 0 Å². The van der Waals surface area contributed by atoms with Gasteiger partial charge in [-0.1, -0.05) is 6.42 Å². The van der Waals surface area contributed by atoms with Crippen LogP contribution in [0.15, 0.2) is 23.0 Å². The molecule has 1 rings (SSSR count). The number of rotatable bonds is 7. The summed E-state index contributed by atoms with van der Waals surface area (Å²) in [6.45, 7) is 2.10. The highest BCUT2D eigenvalue weighted by molar-refractivity contribution is 6.17. The van der Waals surface area contributed by atoms with Crippen molar-refractivity contribution in [2.45, 2.75) is 25.8 Å². The number of hydrogen-bond donors (Lipinski definition) is 0. The van der Waals surface area contributed by atoms with E-state index in [9.17, 15) is 0 Å². The molecule has 1 aromatic rings. The van der Waals surface area contributed by atoms with Crippen molar-refractivity contribution in [1.82, 2.24) is 4.90 Å². The fourth-order valence-corrected chi connectivity index (χ4v) is 1.62. The van der Waals surface area contributed by atoms with Gasteiger partial charge in [0.15, 0.2) is 0 Å². The molecular formula is C11H18ClNO. The lowest BCUT2D eigenvalue weighted by Crippen LogP contribution is -2.18. The standard InChI is InChI=1S/C11H18ClNO/c1-13(7-4-2-3-6-12)9-11-5-8-14-10-11/h5,8,10H,2-4,6-7,9H2,1H3. The Balaban J connectivity index is 2.07. The number of halogens is 1. The third kappa shape index (κ3) is 4.68. The van der Waals surface area contributed by atoms with Crippen LogP contribution in [0.1, 0.15) is 24.8 Å². The fraction of sp³-hybridized carbons (Fsp3) is 0.636. The van der Waals surface area contributed by atoms with Gasteiger partial charge in [0.05, 0.1) is 12.5 Å². The van der Waals surface area contributed by atoms with Crippen LogP contribution in [0.4, 0.5) is 0 Å². The lowest BCUT2D eigenvalue weighted by atomic mass is 10.2. The molecule has 3 heteroatoms. The van der Waals surface area contributed by atoms with Crippen LogP contribution in [-0.4, -0.2) is 24.4 Å². The Hall–Kier alpha value is -0.470. The normalized spacial score (nSPS) is 11.1. The van der Waals surface area contributed by atoms with Gasteiger partial charge in [-0.3, -0.25) is 0 Å². The van der Waals surface area contributed by atoms with Gasteiger partial charge in [-0.15, -0.1) is 11.6 Å². The molecule has 1 aromatic heterocycles. The van der Waals surface area contributed by atoms with E-state index in [1.807, 2.05) is 6.07 Å². The molecule has 0 N–H and O–H groups in total. The smallest absolute Gasteiger partial charge is 0.0947 e. The predicted octanol–water partition coefficient (Wildman–Crippen LogP) is 3.12. The molecule has 0 bridgehead atoms. The minimum Gasteiger partial charge on any atom is -0.472 e. The Morgan fingerprint density at radius 3 is 2.86 bits per heavy atom. The zero-order chi connectivity index (χ0) is 10.2. The Labute approximate surface area is 90.8 Å². The highest BCUT2D eigenvalue weighted by atomic mass is 35.5. The molecule has 0 aliphatic carbocycles. The van der Waals surface area contributed by atoms with E-state index in [0.717, 1.165) is 25.4 Å². The summed E-state index contributed by atoms with van der Waals surface area (Å²) < 4.78 is 5.01. The van der Waals surface area contributed by atoms with Crippen LogP contribution >= 0.6 is 11.6 Å². The van der Waals surface area contributed by atoms with Crippen LogP contribution in [0.5, 0.6) is 0 Å². The Morgan fingerprint density at radius 1 is 1.36 bits per heavy atom. The SMILES string of the molecule is CN(CCCCCCl)Cc1ccoc1. The van der Waals surface area contributed by atoms with Crippen molar-refractivity contribution in [3.63, 3.8) is 0 Å². The summed E-state index contributed by atoms with van der Waals surface area (Å²) in [5.74, 6) is 0.783. The van der Waals surface area contributed by atoms with E-state index in [1.54, 1.807) is 12.5 Å². The van der Waals surface area contributed by atoms with Gasteiger partial charge in [-0.05, 0) is 32.5 Å². The van der Waals surface area contributed by atoms with Gasteiger partial charge in [0.2, 0.25) is 0 Å². The second-order valence-corrected chi connectivity index (χ2v) is 4.00. The van der Waals surface area contributed by atoms with Crippen molar-refractivity contribution in [3.05, 3.63) is 24.2 Å². The molecule has 0 saturated heterocycles. The van der Waals surface area contributed by atoms with Crippen LogP contribution in [0.2, 0.25) is 0 Å². The average Bonchev–Trinajstić information content (AvgIpc) is 2.65. The summed E-state index contributed by atoms with van der Waals surface area (Å²) in [7, 11) is 2.13. The van der Waals surface area contributed by atoms with Crippen molar-refractivity contribution in [3.8, 4) is 0 Å². The Kier molecular flexibility index (Phi) is 5.72. The third-order valence-corrected chi connectivity index (χ3v) is 2.47. The topological polar surface area (TPSA) is 16.4 Å². The molecule has 0 spiro atoms. The highest BCUT2D eigenvalue weighted by Crippen LogP contribution is 2.05. The third-order valence-electron chi connectivity index (χ3n) is 2.21. The first-order valence-corrected chi connectivity index (χ1v) is 5.62. The van der Waals surface area contributed by atoms with Gasteiger partial charge in [-0.25, -0.2) is 0 Å². The molecule has 0 aliphatic rings. The summed E-state index contributed by atoms with van der Waals surface area (Å²) >= 11 is 5.61. The molecular weight excluding hydrogens is 198 g/mol. The molecule has 80 valence electrons. The molecule has 0 aromatic carbocycles. The van der Waals surface area contributed by atoms with Crippen LogP contribution < -0.4 is 0 Å². The summed E-state index contributed by atoms with van der Waals surface area (Å²) in [6, 6.07) is 2.01. The van der Waals surface area contributed by atoms with Gasteiger partial charge in [0.1, 0.15) is 0 Å². The van der Waals surface area contributed by atoms with Gasteiger partial charge in [-0.2, -0.15) is 0 Å². The molecule has 2 nitrogen and oxygen atoms in total. The van der Waals surface area contributed by atoms with Gasteiger partial charge in [0.25, 0.3) is 0 Å². The van der Waals surface area contributed by atoms with Crippen molar-refractivity contribution >= 4 is 11.6 Å². The van der Waals surface area contributed by atoms with Crippen LogP contribution in [0.3, 0.4) is 0 Å². The first-order valence-electron chi connectivity index (χ1n) is 5.08. The van der Waals surface area contributed by atoms with E-state index in [4.69, 9.17) is 16.0 Å². The fourth-order valence-electron chi connectivity index (χ4n) is 1.43. The largest absolute Gasteiger partial charge is 0.472 e. The molecule has 0 fully saturated rings. The number of furan rings is 1. The van der Waals surface area contributed by atoms with E-state index in [-0.39, 0.29) is 0 Å². The van der Waals surface area contributed by atoms with Gasteiger partial charge < -0.3 is 9.32 Å². The highest BCUT2D eigenvalue weighted by Gasteiger charge is 2.00. The summed E-state index contributed by atoms with van der Waals surface area (Å²) in [6.07, 6.45) is 7.09. The zero-order valence-electron chi connectivity index (χ0n) is 8.71. The first kappa shape index (κ1) is 11.6. The maximum atomic E-state index is 5.61. The number of unbranched alkanes of at least 4 members (excludes halogenated alkanes) is 2. The summed E-state index contributed by atoms with van der Waals surface area (Å²) in [5, 5.41) is 0. The van der Waals surface area contributed by atoms with E-state index in [1.165, 1.54) is 18.4 Å². The molecule has 0 unspecified atom stereocenters. The molecule has 1 heterocycles. The first-order chi connectivity index (χ1) is 6.83. The molecule has 14 heavy (non-hydrogen) atoms. The second kappa shape index (κ2) is 6.91.